The van der Waals surface area contributed by atoms with Crippen molar-refractivity contribution in [3.05, 3.63) is 11.8 Å². The first-order chi connectivity index (χ1) is 7.70. The van der Waals surface area contributed by atoms with Crippen LogP contribution >= 0.6 is 11.8 Å². The maximum absolute atomic E-state index is 5.41. The summed E-state index contributed by atoms with van der Waals surface area (Å²) in [6.45, 7) is 2.60. The lowest BCUT2D eigenvalue weighted by atomic mass is 10.2. The maximum Gasteiger partial charge on any atom is 0.230 e. The second kappa shape index (κ2) is 5.19. The fraction of sp³-hybridized carbons (Fsp3) is 0.818. The zero-order valence-electron chi connectivity index (χ0n) is 10.1. The standard InChI is InChI=1S/C11H19N3OS/c1-8-12-13-11(15-8)7-14(2)9-5-4-6-10(9)16-3/h9-10H,4-7H2,1-3H3/t9-,10+/m0/s1. The second-order valence-corrected chi connectivity index (χ2v) is 5.48. The zero-order valence-corrected chi connectivity index (χ0v) is 11.0. The molecular formula is C11H19N3OS. The predicted molar refractivity (Wildman–Crippen MR) is 65.4 cm³/mol. The molecule has 1 aromatic heterocycles. The summed E-state index contributed by atoms with van der Waals surface area (Å²) in [7, 11) is 2.15. The van der Waals surface area contributed by atoms with Crippen molar-refractivity contribution in [1.29, 1.82) is 0 Å². The van der Waals surface area contributed by atoms with Crippen LogP contribution in [0.1, 0.15) is 31.0 Å². The molecular weight excluding hydrogens is 222 g/mol. The van der Waals surface area contributed by atoms with E-state index in [1.165, 1.54) is 19.3 Å². The van der Waals surface area contributed by atoms with Crippen LogP contribution in [0.15, 0.2) is 4.42 Å². The highest BCUT2D eigenvalue weighted by Gasteiger charge is 2.30. The molecule has 1 aliphatic rings. The van der Waals surface area contributed by atoms with Crippen LogP contribution in [0.5, 0.6) is 0 Å². The van der Waals surface area contributed by atoms with Crippen LogP contribution in [0.2, 0.25) is 0 Å². The van der Waals surface area contributed by atoms with Crippen molar-refractivity contribution in [3.63, 3.8) is 0 Å². The molecule has 0 radical (unpaired) electrons. The minimum atomic E-state index is 0.649. The van der Waals surface area contributed by atoms with Gasteiger partial charge in [0.15, 0.2) is 0 Å². The molecule has 1 aliphatic carbocycles. The van der Waals surface area contributed by atoms with Crippen LogP contribution in [0.25, 0.3) is 0 Å². The average Bonchev–Trinajstić information content (AvgIpc) is 2.86. The lowest BCUT2D eigenvalue weighted by Gasteiger charge is -2.27. The van der Waals surface area contributed by atoms with Gasteiger partial charge in [-0.15, -0.1) is 10.2 Å². The molecule has 1 aromatic rings. The number of aromatic nitrogens is 2. The van der Waals surface area contributed by atoms with E-state index >= 15 is 0 Å². The molecule has 16 heavy (non-hydrogen) atoms. The Morgan fingerprint density at radius 1 is 1.44 bits per heavy atom. The van der Waals surface area contributed by atoms with Gasteiger partial charge in [-0.05, 0) is 26.1 Å². The Balaban J connectivity index is 1.94. The van der Waals surface area contributed by atoms with Gasteiger partial charge in [-0.1, -0.05) is 6.42 Å². The molecule has 1 saturated carbocycles. The number of rotatable bonds is 4. The molecule has 0 unspecified atom stereocenters. The van der Waals surface area contributed by atoms with E-state index in [1.54, 1.807) is 0 Å². The minimum absolute atomic E-state index is 0.649. The molecule has 0 spiro atoms. The summed E-state index contributed by atoms with van der Waals surface area (Å²) in [4.78, 5) is 2.35. The third kappa shape index (κ3) is 2.58. The highest BCUT2D eigenvalue weighted by Crippen LogP contribution is 2.32. The summed E-state index contributed by atoms with van der Waals surface area (Å²) in [5, 5.41) is 8.66. The van der Waals surface area contributed by atoms with Crippen molar-refractivity contribution in [2.45, 2.75) is 44.0 Å². The smallest absolute Gasteiger partial charge is 0.230 e. The molecule has 0 aliphatic heterocycles. The molecule has 2 atom stereocenters. The topological polar surface area (TPSA) is 42.2 Å². The largest absolute Gasteiger partial charge is 0.424 e. The Bertz CT molecular complexity index is 342. The summed E-state index contributed by atoms with van der Waals surface area (Å²) in [5.41, 5.74) is 0. The first-order valence-electron chi connectivity index (χ1n) is 5.72. The molecule has 0 aromatic carbocycles. The van der Waals surface area contributed by atoms with Crippen LogP contribution in [-0.4, -0.2) is 39.7 Å². The average molecular weight is 241 g/mol. The van der Waals surface area contributed by atoms with Crippen LogP contribution in [-0.2, 0) is 6.54 Å². The molecule has 0 saturated heterocycles. The molecule has 1 heterocycles. The van der Waals surface area contributed by atoms with Crippen molar-refractivity contribution < 1.29 is 4.42 Å². The molecule has 4 nitrogen and oxygen atoms in total. The van der Waals surface area contributed by atoms with Gasteiger partial charge in [0.05, 0.1) is 6.54 Å². The van der Waals surface area contributed by atoms with Gasteiger partial charge in [0.1, 0.15) is 0 Å². The van der Waals surface area contributed by atoms with Gasteiger partial charge < -0.3 is 4.42 Å². The Morgan fingerprint density at radius 3 is 2.88 bits per heavy atom. The first kappa shape index (κ1) is 11.9. The normalized spacial score (nSPS) is 25.5. The number of hydrogen-bond donors (Lipinski definition) is 0. The van der Waals surface area contributed by atoms with E-state index in [1.807, 2.05) is 18.7 Å². The van der Waals surface area contributed by atoms with Gasteiger partial charge >= 0.3 is 0 Å². The number of aryl methyl sites for hydroxylation is 1. The van der Waals surface area contributed by atoms with E-state index in [2.05, 4.69) is 28.4 Å². The Labute approximate surface area is 101 Å². The SMILES string of the molecule is CS[C@@H]1CCC[C@@H]1N(C)Cc1nnc(C)o1. The van der Waals surface area contributed by atoms with Crippen LogP contribution in [0, 0.1) is 6.92 Å². The second-order valence-electron chi connectivity index (χ2n) is 4.40. The highest BCUT2D eigenvalue weighted by atomic mass is 32.2. The lowest BCUT2D eigenvalue weighted by Crippen LogP contribution is -2.35. The van der Waals surface area contributed by atoms with E-state index in [0.29, 0.717) is 11.9 Å². The summed E-state index contributed by atoms with van der Waals surface area (Å²) < 4.78 is 5.41. The highest BCUT2D eigenvalue weighted by molar-refractivity contribution is 7.99. The third-order valence-electron chi connectivity index (χ3n) is 3.24. The Hall–Kier alpha value is -0.550. The molecule has 0 N–H and O–H groups in total. The fourth-order valence-corrected chi connectivity index (χ4v) is 3.48. The summed E-state index contributed by atoms with van der Waals surface area (Å²) in [6.07, 6.45) is 6.16. The van der Waals surface area contributed by atoms with Gasteiger partial charge in [0, 0.05) is 18.2 Å². The first-order valence-corrected chi connectivity index (χ1v) is 7.01. The van der Waals surface area contributed by atoms with Crippen molar-refractivity contribution >= 4 is 11.8 Å². The third-order valence-corrected chi connectivity index (χ3v) is 4.39. The summed E-state index contributed by atoms with van der Waals surface area (Å²) in [5.74, 6) is 1.38. The van der Waals surface area contributed by atoms with Gasteiger partial charge in [0.25, 0.3) is 0 Å². The van der Waals surface area contributed by atoms with E-state index in [0.717, 1.165) is 17.7 Å². The molecule has 1 fully saturated rings. The Morgan fingerprint density at radius 2 is 2.25 bits per heavy atom. The summed E-state index contributed by atoms with van der Waals surface area (Å²) >= 11 is 1.98. The molecule has 2 rings (SSSR count). The van der Waals surface area contributed by atoms with Gasteiger partial charge in [-0.25, -0.2) is 0 Å². The molecule has 90 valence electrons. The quantitative estimate of drug-likeness (QED) is 0.807. The number of hydrogen-bond acceptors (Lipinski definition) is 5. The lowest BCUT2D eigenvalue weighted by molar-refractivity contribution is 0.217. The Kier molecular flexibility index (Phi) is 3.86. The predicted octanol–water partition coefficient (Wildman–Crippen LogP) is 2.09. The molecule has 0 amide bonds. The van der Waals surface area contributed by atoms with Gasteiger partial charge in [-0.2, -0.15) is 11.8 Å². The van der Waals surface area contributed by atoms with Crippen LogP contribution < -0.4 is 0 Å². The molecule has 5 heteroatoms. The van der Waals surface area contributed by atoms with Crippen molar-refractivity contribution in [1.82, 2.24) is 15.1 Å². The van der Waals surface area contributed by atoms with Gasteiger partial charge in [0.2, 0.25) is 11.8 Å². The van der Waals surface area contributed by atoms with E-state index in [9.17, 15) is 0 Å². The number of thioether (sulfide) groups is 1. The fourth-order valence-electron chi connectivity index (χ4n) is 2.42. The van der Waals surface area contributed by atoms with Crippen molar-refractivity contribution in [2.75, 3.05) is 13.3 Å². The van der Waals surface area contributed by atoms with Crippen LogP contribution in [0.4, 0.5) is 0 Å². The van der Waals surface area contributed by atoms with Crippen molar-refractivity contribution in [2.24, 2.45) is 0 Å². The minimum Gasteiger partial charge on any atom is -0.424 e. The molecule has 0 bridgehead atoms. The van der Waals surface area contributed by atoms with Crippen molar-refractivity contribution in [3.8, 4) is 0 Å². The summed E-state index contributed by atoms with van der Waals surface area (Å²) in [6, 6.07) is 0.655. The number of nitrogens with zero attached hydrogens (tertiary/aromatic N) is 3. The van der Waals surface area contributed by atoms with E-state index in [4.69, 9.17) is 4.42 Å². The van der Waals surface area contributed by atoms with Crippen LogP contribution in [0.3, 0.4) is 0 Å². The maximum atomic E-state index is 5.41. The van der Waals surface area contributed by atoms with Gasteiger partial charge in [-0.3, -0.25) is 4.90 Å². The van der Waals surface area contributed by atoms with E-state index < -0.39 is 0 Å². The zero-order chi connectivity index (χ0) is 11.5. The van der Waals surface area contributed by atoms with E-state index in [-0.39, 0.29) is 0 Å². The monoisotopic (exact) mass is 241 g/mol.